The summed E-state index contributed by atoms with van der Waals surface area (Å²) in [7, 11) is 0. The number of nitrogens with one attached hydrogen (secondary N) is 1. The molecule has 0 saturated carbocycles. The van der Waals surface area contributed by atoms with Gasteiger partial charge in [-0.15, -0.1) is 6.42 Å². The normalized spacial score (nSPS) is 19.3. The van der Waals surface area contributed by atoms with Gasteiger partial charge in [-0.3, -0.25) is 9.79 Å². The van der Waals surface area contributed by atoms with Gasteiger partial charge in [-0.05, 0) is 56.7 Å². The van der Waals surface area contributed by atoms with E-state index in [0.717, 1.165) is 4.91 Å². The minimum atomic E-state index is -0.977. The first-order valence-corrected chi connectivity index (χ1v) is 9.61. The Balaban J connectivity index is 2.25. The lowest BCUT2D eigenvalue weighted by Gasteiger charge is -2.27. The molecule has 9 heteroatoms. The highest BCUT2D eigenvalue weighted by atomic mass is 32.2. The number of allylic oxidation sites excluding steroid dienone is 1. The van der Waals surface area contributed by atoms with Gasteiger partial charge in [-0.2, -0.15) is 0 Å². The number of hydrogen-bond donors (Lipinski definition) is 2. The molecule has 1 atom stereocenters. The summed E-state index contributed by atoms with van der Waals surface area (Å²) in [4.78, 5) is 25.3. The van der Waals surface area contributed by atoms with E-state index in [0.29, 0.717) is 16.4 Å². The van der Waals surface area contributed by atoms with Crippen molar-refractivity contribution < 1.29 is 13.9 Å². The van der Waals surface area contributed by atoms with Gasteiger partial charge in [0.15, 0.2) is 11.8 Å². The molecule has 1 heterocycles. The number of thioether (sulfide) groups is 1. The number of aliphatic imine (C=N–C) groups is 3. The first kappa shape index (κ1) is 22.9. The second-order valence-electron chi connectivity index (χ2n) is 6.44. The fraction of sp³-hybridized carbons (Fsp3) is 0.238. The summed E-state index contributed by atoms with van der Waals surface area (Å²) in [6.07, 6.45) is 8.18. The van der Waals surface area contributed by atoms with Crippen LogP contribution in [0.4, 0.5) is 10.1 Å². The Morgan fingerprint density at radius 2 is 2.30 bits per heavy atom. The second-order valence-corrected chi connectivity index (χ2v) is 7.70. The van der Waals surface area contributed by atoms with E-state index in [1.807, 2.05) is 13.0 Å². The quantitative estimate of drug-likeness (QED) is 0.395. The maximum atomic E-state index is 14.6. The number of anilines is 1. The van der Waals surface area contributed by atoms with E-state index >= 15 is 0 Å². The summed E-state index contributed by atoms with van der Waals surface area (Å²) in [5, 5.41) is 3.03. The zero-order chi connectivity index (χ0) is 22.3. The van der Waals surface area contributed by atoms with Crippen LogP contribution in [0.3, 0.4) is 0 Å². The molecule has 1 aromatic rings. The predicted molar refractivity (Wildman–Crippen MR) is 121 cm³/mol. The Bertz CT molecular complexity index is 1000. The van der Waals surface area contributed by atoms with E-state index in [1.165, 1.54) is 43.1 Å². The van der Waals surface area contributed by atoms with Crippen LogP contribution in [0.2, 0.25) is 0 Å². The molecular weight excluding hydrogens is 405 g/mol. The van der Waals surface area contributed by atoms with Crippen LogP contribution in [0, 0.1) is 18.2 Å². The number of nitrogens with two attached hydrogens (primary N) is 1. The molecule has 0 bridgehead atoms. The molecule has 0 aliphatic carbocycles. The Labute approximate surface area is 179 Å². The lowest BCUT2D eigenvalue weighted by Crippen LogP contribution is -2.26. The molecule has 2 rings (SSSR count). The van der Waals surface area contributed by atoms with Gasteiger partial charge in [0.1, 0.15) is 17.1 Å². The summed E-state index contributed by atoms with van der Waals surface area (Å²) in [6, 6.07) is 4.25. The number of rotatable bonds is 7. The third kappa shape index (κ3) is 5.81. The number of carbonyl (C=O) groups is 1. The Hall–Kier alpha value is -3.38. The Kier molecular flexibility index (Phi) is 7.55. The topological polar surface area (TPSA) is 101 Å². The molecule has 0 aromatic heterocycles. The average molecular weight is 428 g/mol. The van der Waals surface area contributed by atoms with Gasteiger partial charge in [0.05, 0.1) is 6.20 Å². The lowest BCUT2D eigenvalue weighted by atomic mass is 9.91. The maximum Gasteiger partial charge on any atom is 0.269 e. The molecule has 0 saturated heterocycles. The fourth-order valence-corrected chi connectivity index (χ4v) is 3.53. The monoisotopic (exact) mass is 427 g/mol. The average Bonchev–Trinajstić information content (AvgIpc) is 2.68. The van der Waals surface area contributed by atoms with Crippen LogP contribution in [0.15, 0.2) is 56.2 Å². The van der Waals surface area contributed by atoms with Crippen LogP contribution >= 0.6 is 11.8 Å². The highest BCUT2D eigenvalue weighted by Gasteiger charge is 2.30. The molecule has 1 aromatic carbocycles. The van der Waals surface area contributed by atoms with Crippen molar-refractivity contribution in [3.63, 3.8) is 0 Å². The summed E-state index contributed by atoms with van der Waals surface area (Å²) < 4.78 is 19.7. The smallest absolute Gasteiger partial charge is 0.269 e. The molecule has 0 fully saturated rings. The fourth-order valence-electron chi connectivity index (χ4n) is 2.67. The van der Waals surface area contributed by atoms with Crippen molar-refractivity contribution >= 4 is 41.0 Å². The Morgan fingerprint density at radius 1 is 1.57 bits per heavy atom. The van der Waals surface area contributed by atoms with Crippen molar-refractivity contribution in [2.45, 2.75) is 26.3 Å². The molecule has 1 aliphatic rings. The van der Waals surface area contributed by atoms with Crippen LogP contribution < -0.4 is 11.1 Å². The molecule has 30 heavy (non-hydrogen) atoms. The highest BCUT2D eigenvalue weighted by molar-refractivity contribution is 8.17. The van der Waals surface area contributed by atoms with E-state index in [4.69, 9.17) is 16.9 Å². The predicted octanol–water partition coefficient (Wildman–Crippen LogP) is 3.55. The van der Waals surface area contributed by atoms with Crippen LogP contribution in [0.25, 0.3) is 0 Å². The molecular formula is C21H22FN5O2S. The van der Waals surface area contributed by atoms with E-state index < -0.39 is 17.3 Å². The number of halogens is 1. The Morgan fingerprint density at radius 3 is 2.93 bits per heavy atom. The number of ether oxygens (including phenoxy) is 1. The molecule has 3 N–H and O–H groups in total. The largest absolute Gasteiger partial charge is 0.463 e. The standard InChI is InChI=1S/C21H22FN5O2S/c1-6-9-29-18(24-5)12-25-14(3)19(28)26-15-7-8-17(22)16(10-15)21(4)11-13(2)30-20(23)27-21/h1,7-8,10-12H,5,9H2,2-4H3,(H2,23,27)(H,26,28)/b18-12+,25-14?/t21-/m0/s1. The van der Waals surface area contributed by atoms with Crippen LogP contribution in [0.5, 0.6) is 0 Å². The highest BCUT2D eigenvalue weighted by Crippen LogP contribution is 2.38. The van der Waals surface area contributed by atoms with Gasteiger partial charge < -0.3 is 15.8 Å². The number of benzene rings is 1. The number of terminal acetylenes is 1. The molecule has 0 spiro atoms. The molecule has 0 radical (unpaired) electrons. The molecule has 156 valence electrons. The zero-order valence-corrected chi connectivity index (χ0v) is 17.7. The van der Waals surface area contributed by atoms with Crippen molar-refractivity contribution in [2.24, 2.45) is 20.7 Å². The van der Waals surface area contributed by atoms with Gasteiger partial charge in [-0.25, -0.2) is 14.4 Å². The zero-order valence-electron chi connectivity index (χ0n) is 16.9. The first-order valence-electron chi connectivity index (χ1n) is 8.80. The van der Waals surface area contributed by atoms with E-state index in [1.54, 1.807) is 6.92 Å². The summed E-state index contributed by atoms with van der Waals surface area (Å²) >= 11 is 1.32. The van der Waals surface area contributed by atoms with Crippen molar-refractivity contribution in [3.8, 4) is 12.3 Å². The number of hydrogen-bond acceptors (Lipinski definition) is 7. The minimum Gasteiger partial charge on any atom is -0.463 e. The van der Waals surface area contributed by atoms with Gasteiger partial charge in [0.2, 0.25) is 5.88 Å². The van der Waals surface area contributed by atoms with Crippen LogP contribution in [-0.2, 0) is 15.1 Å². The van der Waals surface area contributed by atoms with Gasteiger partial charge >= 0.3 is 0 Å². The maximum absolute atomic E-state index is 14.6. The summed E-state index contributed by atoms with van der Waals surface area (Å²) in [5.41, 5.74) is 5.70. The number of amides is 1. The van der Waals surface area contributed by atoms with Crippen molar-refractivity contribution in [3.05, 3.63) is 52.6 Å². The van der Waals surface area contributed by atoms with Gasteiger partial charge in [-0.1, -0.05) is 17.7 Å². The first-order chi connectivity index (χ1) is 14.2. The summed E-state index contributed by atoms with van der Waals surface area (Å²) in [6.45, 7) is 8.48. The van der Waals surface area contributed by atoms with Crippen molar-refractivity contribution in [1.82, 2.24) is 0 Å². The molecule has 1 amide bonds. The number of amidine groups is 1. The van der Waals surface area contributed by atoms with Crippen molar-refractivity contribution in [1.29, 1.82) is 0 Å². The SMILES string of the molecule is C#CCO/C(=C/N=C(C)C(=O)Nc1ccc(F)c([C@]2(C)C=C(C)SC(N)=N2)c1)N=C. The third-order valence-electron chi connectivity index (χ3n) is 4.02. The van der Waals surface area contributed by atoms with E-state index in [-0.39, 0.29) is 18.2 Å². The van der Waals surface area contributed by atoms with E-state index in [9.17, 15) is 9.18 Å². The van der Waals surface area contributed by atoms with E-state index in [2.05, 4.69) is 32.9 Å². The second kappa shape index (κ2) is 9.89. The molecule has 1 aliphatic heterocycles. The lowest BCUT2D eigenvalue weighted by molar-refractivity contribution is -0.110. The number of nitrogens with zero attached hydrogens (tertiary/aromatic N) is 3. The number of carbonyl (C=O) groups excluding carboxylic acids is 1. The van der Waals surface area contributed by atoms with Gasteiger partial charge in [0.25, 0.3) is 5.91 Å². The van der Waals surface area contributed by atoms with Crippen LogP contribution in [0.1, 0.15) is 26.3 Å². The molecule has 7 nitrogen and oxygen atoms in total. The minimum absolute atomic E-state index is 0.00215. The van der Waals surface area contributed by atoms with Gasteiger partial charge in [0, 0.05) is 11.3 Å². The molecule has 0 unspecified atom stereocenters. The van der Waals surface area contributed by atoms with Crippen molar-refractivity contribution in [2.75, 3.05) is 11.9 Å². The summed E-state index contributed by atoms with van der Waals surface area (Å²) in [5.74, 6) is 1.44. The van der Waals surface area contributed by atoms with Crippen LogP contribution in [-0.4, -0.2) is 30.1 Å². The third-order valence-corrected chi connectivity index (χ3v) is 4.76.